The zero-order valence-corrected chi connectivity index (χ0v) is 6.93. The lowest BCUT2D eigenvalue weighted by Crippen LogP contribution is -1.94. The van der Waals surface area contributed by atoms with Crippen molar-refractivity contribution >= 4 is 5.97 Å². The average molecular weight is 197 g/mol. The molecular formula is C8H7NO5. The molecule has 0 aliphatic heterocycles. The van der Waals surface area contributed by atoms with E-state index >= 15 is 0 Å². The van der Waals surface area contributed by atoms with Crippen LogP contribution in [0, 0.1) is 0 Å². The Labute approximate surface area is 78.0 Å². The van der Waals surface area contributed by atoms with E-state index in [2.05, 4.69) is 5.16 Å². The second-order valence-electron chi connectivity index (χ2n) is 2.36. The van der Waals surface area contributed by atoms with Crippen LogP contribution in [-0.2, 0) is 0 Å². The van der Waals surface area contributed by atoms with E-state index in [9.17, 15) is 4.79 Å². The van der Waals surface area contributed by atoms with E-state index in [0.717, 1.165) is 0 Å². The molecule has 0 spiro atoms. The van der Waals surface area contributed by atoms with Crippen LogP contribution in [0.2, 0.25) is 0 Å². The molecule has 2 aromatic rings. The second kappa shape index (κ2) is 3.75. The fraction of sp³-hybridized carbons (Fsp3) is 0. The Kier molecular flexibility index (Phi) is 2.68. The van der Waals surface area contributed by atoms with E-state index in [1.807, 2.05) is 0 Å². The van der Waals surface area contributed by atoms with E-state index < -0.39 is 5.97 Å². The number of carboxylic acids is 1. The van der Waals surface area contributed by atoms with Gasteiger partial charge in [-0.3, -0.25) is 0 Å². The van der Waals surface area contributed by atoms with Gasteiger partial charge in [0.1, 0.15) is 0 Å². The predicted molar refractivity (Wildman–Crippen MR) is 44.8 cm³/mol. The first-order valence-electron chi connectivity index (χ1n) is 3.51. The van der Waals surface area contributed by atoms with Crippen molar-refractivity contribution in [1.82, 2.24) is 5.16 Å². The van der Waals surface area contributed by atoms with Crippen molar-refractivity contribution in [2.24, 2.45) is 0 Å². The summed E-state index contributed by atoms with van der Waals surface area (Å²) in [6.07, 6.45) is 1.47. The van der Waals surface area contributed by atoms with Gasteiger partial charge < -0.3 is 19.5 Å². The minimum atomic E-state index is -1.12. The lowest BCUT2D eigenvalue weighted by Gasteiger charge is -1.82. The van der Waals surface area contributed by atoms with Crippen LogP contribution in [0.4, 0.5) is 0 Å². The minimum Gasteiger partial charge on any atom is -0.476 e. The van der Waals surface area contributed by atoms with E-state index in [1.165, 1.54) is 12.3 Å². The van der Waals surface area contributed by atoms with Crippen LogP contribution in [0.25, 0.3) is 11.5 Å². The van der Waals surface area contributed by atoms with Crippen molar-refractivity contribution in [1.29, 1.82) is 0 Å². The standard InChI is InChI=1S/C8H5NO4.H2O/c10-8(11)5-4-7(13-9-5)6-2-1-3-12-6;/h1-4H,(H,10,11);1H2. The van der Waals surface area contributed by atoms with E-state index in [4.69, 9.17) is 14.0 Å². The maximum atomic E-state index is 10.4. The van der Waals surface area contributed by atoms with Gasteiger partial charge in [-0.05, 0) is 12.1 Å². The van der Waals surface area contributed by atoms with Crippen LogP contribution in [0.5, 0.6) is 0 Å². The fourth-order valence-electron chi connectivity index (χ4n) is 0.911. The Hall–Kier alpha value is -2.08. The third-order valence-electron chi connectivity index (χ3n) is 1.49. The van der Waals surface area contributed by atoms with Gasteiger partial charge in [-0.25, -0.2) is 4.79 Å². The number of aromatic nitrogens is 1. The highest BCUT2D eigenvalue weighted by Gasteiger charge is 2.13. The van der Waals surface area contributed by atoms with Gasteiger partial charge in [0, 0.05) is 6.07 Å². The lowest BCUT2D eigenvalue weighted by atomic mass is 10.3. The highest BCUT2D eigenvalue weighted by atomic mass is 16.5. The molecule has 0 aromatic carbocycles. The molecule has 0 aliphatic rings. The number of furan rings is 1. The largest absolute Gasteiger partial charge is 0.476 e. The molecule has 3 N–H and O–H groups in total. The third-order valence-corrected chi connectivity index (χ3v) is 1.49. The summed E-state index contributed by atoms with van der Waals surface area (Å²) < 4.78 is 9.73. The number of carbonyl (C=O) groups is 1. The van der Waals surface area contributed by atoms with Gasteiger partial charge in [0.05, 0.1) is 6.26 Å². The molecule has 6 nitrogen and oxygen atoms in total. The van der Waals surface area contributed by atoms with Crippen LogP contribution in [0.15, 0.2) is 33.4 Å². The molecule has 0 radical (unpaired) electrons. The number of hydrogen-bond acceptors (Lipinski definition) is 4. The smallest absolute Gasteiger partial charge is 0.358 e. The topological polar surface area (TPSA) is 108 Å². The summed E-state index contributed by atoms with van der Waals surface area (Å²) in [7, 11) is 0. The molecule has 6 heteroatoms. The SMILES string of the molecule is O.O=C(O)c1cc(-c2ccco2)on1. The lowest BCUT2D eigenvalue weighted by molar-refractivity contribution is 0.0686. The van der Waals surface area contributed by atoms with Gasteiger partial charge in [0.2, 0.25) is 5.76 Å². The van der Waals surface area contributed by atoms with Crippen molar-refractivity contribution in [3.63, 3.8) is 0 Å². The van der Waals surface area contributed by atoms with Crippen molar-refractivity contribution in [2.75, 3.05) is 0 Å². The van der Waals surface area contributed by atoms with Crippen molar-refractivity contribution in [2.45, 2.75) is 0 Å². The number of rotatable bonds is 2. The maximum absolute atomic E-state index is 10.4. The zero-order valence-electron chi connectivity index (χ0n) is 6.93. The maximum Gasteiger partial charge on any atom is 0.358 e. The Balaban J connectivity index is 0.000000980. The molecule has 2 heterocycles. The summed E-state index contributed by atoms with van der Waals surface area (Å²) in [4.78, 5) is 10.4. The van der Waals surface area contributed by atoms with Crippen LogP contribution >= 0.6 is 0 Å². The Morgan fingerprint density at radius 1 is 1.43 bits per heavy atom. The number of nitrogens with zero attached hydrogens (tertiary/aromatic N) is 1. The van der Waals surface area contributed by atoms with Crippen molar-refractivity contribution < 1.29 is 24.3 Å². The molecule has 0 bridgehead atoms. The number of aromatic carboxylic acids is 1. The molecule has 0 saturated heterocycles. The highest BCUT2D eigenvalue weighted by molar-refractivity contribution is 5.86. The van der Waals surface area contributed by atoms with Gasteiger partial charge >= 0.3 is 5.97 Å². The van der Waals surface area contributed by atoms with Crippen LogP contribution in [0.3, 0.4) is 0 Å². The van der Waals surface area contributed by atoms with Gasteiger partial charge in [-0.1, -0.05) is 5.16 Å². The summed E-state index contributed by atoms with van der Waals surface area (Å²) in [5.41, 5.74) is -0.133. The van der Waals surface area contributed by atoms with Gasteiger partial charge in [-0.2, -0.15) is 0 Å². The fourth-order valence-corrected chi connectivity index (χ4v) is 0.911. The first-order valence-corrected chi connectivity index (χ1v) is 3.51. The minimum absolute atomic E-state index is 0. The molecule has 74 valence electrons. The van der Waals surface area contributed by atoms with Crippen molar-refractivity contribution in [3.05, 3.63) is 30.2 Å². The van der Waals surface area contributed by atoms with Crippen LogP contribution in [0.1, 0.15) is 10.5 Å². The second-order valence-corrected chi connectivity index (χ2v) is 2.36. The molecule has 0 saturated carbocycles. The molecule has 2 rings (SSSR count). The summed E-state index contributed by atoms with van der Waals surface area (Å²) in [6, 6.07) is 4.64. The van der Waals surface area contributed by atoms with Crippen LogP contribution < -0.4 is 0 Å². The first-order chi connectivity index (χ1) is 6.27. The molecule has 0 atom stereocenters. The molecule has 2 aromatic heterocycles. The summed E-state index contributed by atoms with van der Waals surface area (Å²) in [5, 5.41) is 11.9. The van der Waals surface area contributed by atoms with Crippen molar-refractivity contribution in [3.8, 4) is 11.5 Å². The summed E-state index contributed by atoms with van der Waals surface area (Å²) in [5.74, 6) is -0.357. The quantitative estimate of drug-likeness (QED) is 0.766. The Bertz CT molecular complexity index is 417. The van der Waals surface area contributed by atoms with E-state index in [0.29, 0.717) is 11.5 Å². The normalized spacial score (nSPS) is 9.43. The molecule has 14 heavy (non-hydrogen) atoms. The molecule has 0 unspecified atom stereocenters. The zero-order chi connectivity index (χ0) is 9.26. The van der Waals surface area contributed by atoms with Gasteiger partial charge in [0.15, 0.2) is 11.5 Å². The summed E-state index contributed by atoms with van der Waals surface area (Å²) >= 11 is 0. The third kappa shape index (κ3) is 1.64. The molecule has 0 fully saturated rings. The number of hydrogen-bond donors (Lipinski definition) is 1. The van der Waals surface area contributed by atoms with Gasteiger partial charge in [-0.15, -0.1) is 0 Å². The molecule has 0 amide bonds. The molecule has 0 aliphatic carbocycles. The average Bonchev–Trinajstić information content (AvgIpc) is 2.75. The Morgan fingerprint density at radius 2 is 2.21 bits per heavy atom. The first kappa shape index (κ1) is 10.0. The van der Waals surface area contributed by atoms with E-state index in [1.54, 1.807) is 12.1 Å². The van der Waals surface area contributed by atoms with E-state index in [-0.39, 0.29) is 11.2 Å². The predicted octanol–water partition coefficient (Wildman–Crippen LogP) is 0.808. The van der Waals surface area contributed by atoms with Crippen LogP contribution in [-0.4, -0.2) is 21.7 Å². The highest BCUT2D eigenvalue weighted by Crippen LogP contribution is 2.20. The summed E-state index contributed by atoms with van der Waals surface area (Å²) in [6.45, 7) is 0. The monoisotopic (exact) mass is 197 g/mol. The van der Waals surface area contributed by atoms with Gasteiger partial charge in [0.25, 0.3) is 0 Å². The Morgan fingerprint density at radius 3 is 2.71 bits per heavy atom. The number of carboxylic acid groups (broad SMARTS) is 1. The molecular weight excluding hydrogens is 190 g/mol.